The van der Waals surface area contributed by atoms with Gasteiger partial charge in [0.15, 0.2) is 0 Å². The van der Waals surface area contributed by atoms with E-state index in [0.717, 1.165) is 19.3 Å². The van der Waals surface area contributed by atoms with Gasteiger partial charge in [-0.15, -0.1) is 0 Å². The molecule has 0 heterocycles. The molecule has 0 spiro atoms. The quantitative estimate of drug-likeness (QED) is 0.584. The SMILES string of the molecule is CCC(O)(CC)CNC(C)(CC)CO. The summed E-state index contributed by atoms with van der Waals surface area (Å²) in [7, 11) is 0. The molecule has 0 aliphatic heterocycles. The minimum atomic E-state index is -0.633. The fourth-order valence-electron chi connectivity index (χ4n) is 1.17. The van der Waals surface area contributed by atoms with Gasteiger partial charge in [-0.3, -0.25) is 0 Å². The highest BCUT2D eigenvalue weighted by Gasteiger charge is 2.27. The minimum absolute atomic E-state index is 0.104. The molecule has 0 aromatic carbocycles. The Morgan fingerprint density at radius 2 is 1.57 bits per heavy atom. The average Bonchev–Trinajstić information content (AvgIpc) is 2.25. The van der Waals surface area contributed by atoms with Crippen molar-refractivity contribution in [2.24, 2.45) is 0 Å². The summed E-state index contributed by atoms with van der Waals surface area (Å²) in [4.78, 5) is 0. The van der Waals surface area contributed by atoms with E-state index in [2.05, 4.69) is 5.32 Å². The van der Waals surface area contributed by atoms with Gasteiger partial charge in [0, 0.05) is 12.1 Å². The summed E-state index contributed by atoms with van der Waals surface area (Å²) in [6, 6.07) is 0. The Balaban J connectivity index is 4.14. The Kier molecular flexibility index (Phi) is 5.64. The van der Waals surface area contributed by atoms with E-state index in [9.17, 15) is 10.2 Å². The molecule has 3 N–H and O–H groups in total. The monoisotopic (exact) mass is 203 g/mol. The van der Waals surface area contributed by atoms with Crippen molar-refractivity contribution in [3.8, 4) is 0 Å². The van der Waals surface area contributed by atoms with Crippen molar-refractivity contribution in [2.45, 2.75) is 58.1 Å². The van der Waals surface area contributed by atoms with Gasteiger partial charge in [0.25, 0.3) is 0 Å². The van der Waals surface area contributed by atoms with Crippen LogP contribution in [0.2, 0.25) is 0 Å². The molecule has 1 unspecified atom stereocenters. The molecule has 0 aliphatic carbocycles. The summed E-state index contributed by atoms with van der Waals surface area (Å²) < 4.78 is 0. The molecular formula is C11H25NO2. The van der Waals surface area contributed by atoms with Crippen LogP contribution >= 0.6 is 0 Å². The van der Waals surface area contributed by atoms with Crippen LogP contribution in [0.1, 0.15) is 47.0 Å². The molecule has 0 aromatic heterocycles. The lowest BCUT2D eigenvalue weighted by molar-refractivity contribution is 0.0197. The maximum Gasteiger partial charge on any atom is 0.0766 e. The number of hydrogen-bond acceptors (Lipinski definition) is 3. The molecule has 0 rings (SSSR count). The molecule has 0 fully saturated rings. The third kappa shape index (κ3) is 3.95. The summed E-state index contributed by atoms with van der Waals surface area (Å²) in [6.07, 6.45) is 2.33. The Hall–Kier alpha value is -0.120. The van der Waals surface area contributed by atoms with Crippen LogP contribution in [-0.4, -0.2) is 34.5 Å². The van der Waals surface area contributed by atoms with E-state index in [-0.39, 0.29) is 12.1 Å². The first kappa shape index (κ1) is 13.9. The van der Waals surface area contributed by atoms with Gasteiger partial charge in [-0.1, -0.05) is 20.8 Å². The highest BCUT2D eigenvalue weighted by atomic mass is 16.3. The molecule has 86 valence electrons. The maximum absolute atomic E-state index is 10.0. The molecule has 0 saturated heterocycles. The van der Waals surface area contributed by atoms with Crippen LogP contribution in [0.25, 0.3) is 0 Å². The van der Waals surface area contributed by atoms with Crippen molar-refractivity contribution < 1.29 is 10.2 Å². The predicted molar refractivity (Wildman–Crippen MR) is 59.3 cm³/mol. The number of aliphatic hydroxyl groups is 2. The fourth-order valence-corrected chi connectivity index (χ4v) is 1.17. The zero-order chi connectivity index (χ0) is 11.2. The van der Waals surface area contributed by atoms with E-state index >= 15 is 0 Å². The molecule has 0 aliphatic rings. The first-order valence-corrected chi connectivity index (χ1v) is 5.53. The molecule has 1 atom stereocenters. The summed E-state index contributed by atoms with van der Waals surface area (Å²) in [5.41, 5.74) is -0.899. The fraction of sp³-hybridized carbons (Fsp3) is 1.00. The third-order valence-electron chi connectivity index (χ3n) is 3.29. The molecule has 3 nitrogen and oxygen atoms in total. The molecule has 3 heteroatoms. The van der Waals surface area contributed by atoms with E-state index in [0.29, 0.717) is 6.54 Å². The van der Waals surface area contributed by atoms with Crippen LogP contribution in [0.3, 0.4) is 0 Å². The lowest BCUT2D eigenvalue weighted by atomic mass is 9.94. The third-order valence-corrected chi connectivity index (χ3v) is 3.29. The van der Waals surface area contributed by atoms with E-state index in [4.69, 9.17) is 0 Å². The minimum Gasteiger partial charge on any atom is -0.394 e. The van der Waals surface area contributed by atoms with Crippen molar-refractivity contribution in [2.75, 3.05) is 13.2 Å². The topological polar surface area (TPSA) is 52.5 Å². The zero-order valence-electron chi connectivity index (χ0n) is 9.93. The second kappa shape index (κ2) is 5.69. The van der Waals surface area contributed by atoms with Gasteiger partial charge in [-0.25, -0.2) is 0 Å². The van der Waals surface area contributed by atoms with Crippen molar-refractivity contribution in [3.05, 3.63) is 0 Å². The van der Waals surface area contributed by atoms with Crippen molar-refractivity contribution >= 4 is 0 Å². The van der Waals surface area contributed by atoms with Crippen LogP contribution in [0.15, 0.2) is 0 Å². The number of β-amino-alcohol motifs (C(OH)–C–C–N with tert-alkyl or cyclic N) is 1. The maximum atomic E-state index is 10.0. The molecular weight excluding hydrogens is 178 g/mol. The van der Waals surface area contributed by atoms with Crippen molar-refractivity contribution in [3.63, 3.8) is 0 Å². The summed E-state index contributed by atoms with van der Waals surface area (Å²) in [6.45, 7) is 8.61. The Labute approximate surface area is 87.5 Å². The first-order valence-electron chi connectivity index (χ1n) is 5.53. The Morgan fingerprint density at radius 3 is 1.86 bits per heavy atom. The largest absolute Gasteiger partial charge is 0.394 e. The molecule has 0 saturated carbocycles. The van der Waals surface area contributed by atoms with Gasteiger partial charge in [0.05, 0.1) is 12.2 Å². The van der Waals surface area contributed by atoms with Crippen molar-refractivity contribution in [1.82, 2.24) is 5.32 Å². The van der Waals surface area contributed by atoms with Gasteiger partial charge < -0.3 is 15.5 Å². The molecule has 0 aromatic rings. The number of nitrogens with one attached hydrogen (secondary N) is 1. The van der Waals surface area contributed by atoms with Crippen LogP contribution in [0.5, 0.6) is 0 Å². The summed E-state index contributed by atoms with van der Waals surface area (Å²) in [5, 5.41) is 22.5. The Morgan fingerprint density at radius 1 is 1.07 bits per heavy atom. The van der Waals surface area contributed by atoms with E-state index < -0.39 is 5.60 Å². The zero-order valence-corrected chi connectivity index (χ0v) is 9.93. The average molecular weight is 203 g/mol. The van der Waals surface area contributed by atoms with Crippen LogP contribution < -0.4 is 5.32 Å². The van der Waals surface area contributed by atoms with Gasteiger partial charge >= 0.3 is 0 Å². The highest BCUT2D eigenvalue weighted by Crippen LogP contribution is 2.16. The smallest absolute Gasteiger partial charge is 0.0766 e. The summed E-state index contributed by atoms with van der Waals surface area (Å²) >= 11 is 0. The van der Waals surface area contributed by atoms with Crippen LogP contribution in [0, 0.1) is 0 Å². The number of rotatable bonds is 7. The van der Waals surface area contributed by atoms with Gasteiger partial charge in [-0.2, -0.15) is 0 Å². The second-order valence-corrected chi connectivity index (χ2v) is 4.36. The van der Waals surface area contributed by atoms with Gasteiger partial charge in [0.2, 0.25) is 0 Å². The Bertz CT molecular complexity index is 133. The number of hydrogen-bond donors (Lipinski definition) is 3. The van der Waals surface area contributed by atoms with Gasteiger partial charge in [-0.05, 0) is 26.2 Å². The van der Waals surface area contributed by atoms with E-state index in [1.165, 1.54) is 0 Å². The normalized spacial score (nSPS) is 16.7. The first-order chi connectivity index (χ1) is 6.45. The molecule has 0 bridgehead atoms. The molecule has 0 amide bonds. The van der Waals surface area contributed by atoms with E-state index in [1.54, 1.807) is 0 Å². The molecule has 14 heavy (non-hydrogen) atoms. The predicted octanol–water partition coefficient (Wildman–Crippen LogP) is 1.29. The molecule has 0 radical (unpaired) electrons. The van der Waals surface area contributed by atoms with E-state index in [1.807, 2.05) is 27.7 Å². The van der Waals surface area contributed by atoms with Crippen LogP contribution in [0.4, 0.5) is 0 Å². The second-order valence-electron chi connectivity index (χ2n) is 4.36. The van der Waals surface area contributed by atoms with Gasteiger partial charge in [0.1, 0.15) is 0 Å². The lowest BCUT2D eigenvalue weighted by Gasteiger charge is -2.33. The standard InChI is InChI=1S/C11H25NO2/c1-5-10(4,9-13)12-8-11(14,6-2)7-3/h12-14H,5-9H2,1-4H3. The van der Waals surface area contributed by atoms with Crippen LogP contribution in [-0.2, 0) is 0 Å². The highest BCUT2D eigenvalue weighted by molar-refractivity contribution is 4.86. The number of aliphatic hydroxyl groups excluding tert-OH is 1. The van der Waals surface area contributed by atoms with Crippen molar-refractivity contribution in [1.29, 1.82) is 0 Å². The summed E-state index contributed by atoms with van der Waals surface area (Å²) in [5.74, 6) is 0. The lowest BCUT2D eigenvalue weighted by Crippen LogP contribution is -2.52.